The Balaban J connectivity index is 4.31. The molecule has 0 aliphatic carbocycles. The van der Waals surface area contributed by atoms with Gasteiger partial charge in [-0.3, -0.25) is 14.4 Å². The Labute approximate surface area is 431 Å². The second-order valence-electron chi connectivity index (χ2n) is 21.3. The summed E-state index contributed by atoms with van der Waals surface area (Å²) in [4.78, 5) is 38.3. The van der Waals surface area contributed by atoms with Crippen LogP contribution in [0.5, 0.6) is 0 Å². The summed E-state index contributed by atoms with van der Waals surface area (Å²) in [6.45, 7) is 6.71. The fraction of sp³-hybridized carbons (Fsp3) is 0.921. The minimum absolute atomic E-state index is 0.0647. The van der Waals surface area contributed by atoms with Crippen molar-refractivity contribution in [3.63, 3.8) is 0 Å². The molecule has 0 bridgehead atoms. The van der Waals surface area contributed by atoms with Crippen molar-refractivity contribution in [3.05, 3.63) is 12.2 Å². The van der Waals surface area contributed by atoms with E-state index in [1.165, 1.54) is 257 Å². The second kappa shape index (κ2) is 58.7. The maximum absolute atomic E-state index is 12.9. The highest BCUT2D eigenvalue weighted by Gasteiger charge is 2.19. The van der Waals surface area contributed by atoms with E-state index in [1.54, 1.807) is 0 Å². The van der Waals surface area contributed by atoms with E-state index in [0.717, 1.165) is 57.8 Å². The molecule has 0 unspecified atom stereocenters. The van der Waals surface area contributed by atoms with Gasteiger partial charge in [-0.2, -0.15) is 0 Å². The van der Waals surface area contributed by atoms with Crippen LogP contribution in [0.2, 0.25) is 0 Å². The monoisotopic (exact) mass is 973 g/mol. The van der Waals surface area contributed by atoms with Gasteiger partial charge in [0.25, 0.3) is 0 Å². The van der Waals surface area contributed by atoms with E-state index < -0.39 is 6.10 Å². The van der Waals surface area contributed by atoms with Crippen molar-refractivity contribution >= 4 is 17.9 Å². The molecule has 0 amide bonds. The van der Waals surface area contributed by atoms with Gasteiger partial charge in [0.15, 0.2) is 6.10 Å². The molecule has 0 aromatic carbocycles. The third-order valence-electron chi connectivity index (χ3n) is 14.3. The molecule has 0 spiro atoms. The molecule has 0 aliphatic rings. The molecule has 0 fully saturated rings. The SMILES string of the molecule is CCCCCCCC/C=C/CCCCCCCCCC(=O)OC[C@@H](COC(=O)CCCCCCCCCCCCCCCCCCC)OC(=O)CCCCCCCCCCCCCCCCCCC. The summed E-state index contributed by atoms with van der Waals surface area (Å²) in [5, 5.41) is 0. The zero-order valence-corrected chi connectivity index (χ0v) is 46.9. The predicted molar refractivity (Wildman–Crippen MR) is 298 cm³/mol. The summed E-state index contributed by atoms with van der Waals surface area (Å²) in [6, 6.07) is 0. The summed E-state index contributed by atoms with van der Waals surface area (Å²) >= 11 is 0. The van der Waals surface area contributed by atoms with Gasteiger partial charge < -0.3 is 14.2 Å². The fourth-order valence-electron chi connectivity index (χ4n) is 9.56. The van der Waals surface area contributed by atoms with Crippen molar-refractivity contribution in [2.75, 3.05) is 13.2 Å². The summed E-state index contributed by atoms with van der Waals surface area (Å²) in [5.41, 5.74) is 0. The number of unbranched alkanes of at least 4 members (excludes halogenated alkanes) is 45. The van der Waals surface area contributed by atoms with Gasteiger partial charge in [0.1, 0.15) is 13.2 Å². The topological polar surface area (TPSA) is 78.9 Å². The number of allylic oxidation sites excluding steroid dienone is 2. The Morgan fingerprint density at radius 1 is 0.275 bits per heavy atom. The van der Waals surface area contributed by atoms with Crippen LogP contribution in [-0.2, 0) is 28.6 Å². The standard InChI is InChI=1S/C63H120O6/c1-4-7-10-13-16-19-22-25-28-31-34-37-40-43-46-49-52-55-61(64)67-58-60(69-63(66)57-54-51-48-45-42-39-36-33-30-27-24-21-18-15-12-9-6-3)59-68-62(65)56-53-50-47-44-41-38-35-32-29-26-23-20-17-14-11-8-5-2/h25,28,60H,4-24,26-27,29-59H2,1-3H3/b28-25+/t60-/m0/s1. The second-order valence-corrected chi connectivity index (χ2v) is 21.3. The molecule has 0 saturated carbocycles. The molecule has 0 rings (SSSR count). The Hall–Kier alpha value is -1.85. The minimum Gasteiger partial charge on any atom is -0.462 e. The van der Waals surface area contributed by atoms with Gasteiger partial charge in [-0.05, 0) is 44.9 Å². The van der Waals surface area contributed by atoms with E-state index >= 15 is 0 Å². The van der Waals surface area contributed by atoms with Gasteiger partial charge in [0.05, 0.1) is 0 Å². The number of ether oxygens (including phenoxy) is 3. The third-order valence-corrected chi connectivity index (χ3v) is 14.3. The lowest BCUT2D eigenvalue weighted by Crippen LogP contribution is -2.30. The van der Waals surface area contributed by atoms with Crippen LogP contribution in [-0.4, -0.2) is 37.2 Å². The van der Waals surface area contributed by atoms with E-state index in [1.807, 2.05) is 0 Å². The quantitative estimate of drug-likeness (QED) is 0.0261. The normalized spacial score (nSPS) is 12.0. The van der Waals surface area contributed by atoms with Crippen molar-refractivity contribution < 1.29 is 28.6 Å². The highest BCUT2D eigenvalue weighted by atomic mass is 16.6. The maximum atomic E-state index is 12.9. The van der Waals surface area contributed by atoms with Crippen LogP contribution < -0.4 is 0 Å². The first kappa shape index (κ1) is 67.1. The van der Waals surface area contributed by atoms with Gasteiger partial charge in [-0.25, -0.2) is 0 Å². The zero-order valence-electron chi connectivity index (χ0n) is 46.9. The predicted octanol–water partition coefficient (Wildman–Crippen LogP) is 20.9. The van der Waals surface area contributed by atoms with E-state index in [2.05, 4.69) is 32.9 Å². The highest BCUT2D eigenvalue weighted by Crippen LogP contribution is 2.18. The average Bonchev–Trinajstić information content (AvgIpc) is 3.35. The van der Waals surface area contributed by atoms with Gasteiger partial charge in [0, 0.05) is 19.3 Å². The summed E-state index contributed by atoms with van der Waals surface area (Å²) < 4.78 is 16.9. The molecular weight excluding hydrogens is 853 g/mol. The lowest BCUT2D eigenvalue weighted by molar-refractivity contribution is -0.167. The van der Waals surface area contributed by atoms with Crippen LogP contribution in [0.15, 0.2) is 12.2 Å². The van der Waals surface area contributed by atoms with Crippen LogP contribution in [0.4, 0.5) is 0 Å². The maximum Gasteiger partial charge on any atom is 0.306 e. The van der Waals surface area contributed by atoms with Crippen LogP contribution in [0, 0.1) is 0 Å². The minimum atomic E-state index is -0.767. The molecule has 69 heavy (non-hydrogen) atoms. The van der Waals surface area contributed by atoms with Crippen LogP contribution >= 0.6 is 0 Å². The van der Waals surface area contributed by atoms with Crippen molar-refractivity contribution in [2.24, 2.45) is 0 Å². The highest BCUT2D eigenvalue weighted by molar-refractivity contribution is 5.71. The molecule has 0 aliphatic heterocycles. The number of rotatable bonds is 58. The lowest BCUT2D eigenvalue weighted by atomic mass is 10.0. The first-order chi connectivity index (χ1) is 34.0. The average molecular weight is 974 g/mol. The number of hydrogen-bond donors (Lipinski definition) is 0. The molecule has 6 nitrogen and oxygen atoms in total. The Bertz CT molecular complexity index is 1070. The van der Waals surface area contributed by atoms with E-state index in [4.69, 9.17) is 14.2 Å². The van der Waals surface area contributed by atoms with E-state index in [0.29, 0.717) is 19.3 Å². The van der Waals surface area contributed by atoms with E-state index in [-0.39, 0.29) is 31.1 Å². The van der Waals surface area contributed by atoms with E-state index in [9.17, 15) is 14.4 Å². The Kier molecular flexibility index (Phi) is 57.1. The zero-order chi connectivity index (χ0) is 50.0. The lowest BCUT2D eigenvalue weighted by Gasteiger charge is -2.18. The molecule has 408 valence electrons. The van der Waals surface area contributed by atoms with Crippen molar-refractivity contribution in [2.45, 2.75) is 361 Å². The molecule has 1 atom stereocenters. The number of carbonyl (C=O) groups excluding carboxylic acids is 3. The molecule has 0 heterocycles. The number of hydrogen-bond acceptors (Lipinski definition) is 6. The van der Waals surface area contributed by atoms with Crippen molar-refractivity contribution in [3.8, 4) is 0 Å². The molecular formula is C63H120O6. The van der Waals surface area contributed by atoms with Crippen molar-refractivity contribution in [1.82, 2.24) is 0 Å². The molecule has 0 N–H and O–H groups in total. The van der Waals surface area contributed by atoms with Crippen LogP contribution in [0.25, 0.3) is 0 Å². The summed E-state index contributed by atoms with van der Waals surface area (Å²) in [5.74, 6) is -0.839. The van der Waals surface area contributed by atoms with Gasteiger partial charge in [-0.15, -0.1) is 0 Å². The first-order valence-electron chi connectivity index (χ1n) is 31.2. The van der Waals surface area contributed by atoms with Crippen LogP contribution in [0.3, 0.4) is 0 Å². The molecule has 0 saturated heterocycles. The van der Waals surface area contributed by atoms with Gasteiger partial charge in [0.2, 0.25) is 0 Å². The molecule has 6 heteroatoms. The summed E-state index contributed by atoms with van der Waals surface area (Å²) in [6.07, 6.45) is 67.8. The number of esters is 3. The van der Waals surface area contributed by atoms with Crippen molar-refractivity contribution in [1.29, 1.82) is 0 Å². The third kappa shape index (κ3) is 56.9. The Morgan fingerprint density at radius 3 is 0.725 bits per heavy atom. The molecule has 0 aromatic rings. The van der Waals surface area contributed by atoms with Gasteiger partial charge in [-0.1, -0.05) is 303 Å². The summed E-state index contributed by atoms with van der Waals surface area (Å²) in [7, 11) is 0. The number of carbonyl (C=O) groups is 3. The Morgan fingerprint density at radius 2 is 0.478 bits per heavy atom. The van der Waals surface area contributed by atoms with Gasteiger partial charge >= 0.3 is 17.9 Å². The molecule has 0 aromatic heterocycles. The van der Waals surface area contributed by atoms with Crippen LogP contribution in [0.1, 0.15) is 355 Å². The smallest absolute Gasteiger partial charge is 0.306 e. The first-order valence-corrected chi connectivity index (χ1v) is 31.2. The fourth-order valence-corrected chi connectivity index (χ4v) is 9.56. The largest absolute Gasteiger partial charge is 0.462 e. The molecule has 0 radical (unpaired) electrons.